The summed E-state index contributed by atoms with van der Waals surface area (Å²) in [5, 5.41) is 0. The van der Waals surface area contributed by atoms with Gasteiger partial charge < -0.3 is 4.57 Å². The predicted molar refractivity (Wildman–Crippen MR) is 132 cm³/mol. The number of aromatic nitrogens is 1. The Morgan fingerprint density at radius 3 is 1.14 bits per heavy atom. The second-order valence-electron chi connectivity index (χ2n) is 10.3. The first-order valence-electron chi connectivity index (χ1n) is 13.2. The van der Waals surface area contributed by atoms with Crippen LogP contribution in [-0.2, 0) is 18.4 Å². The van der Waals surface area contributed by atoms with Gasteiger partial charge in [0.1, 0.15) is 0 Å². The molecule has 0 aliphatic rings. The average molecular weight is 404 g/mol. The summed E-state index contributed by atoms with van der Waals surface area (Å²) in [5.41, 5.74) is 3.47. The van der Waals surface area contributed by atoms with Gasteiger partial charge in [0.2, 0.25) is 0 Å². The third kappa shape index (κ3) is 12.5. The van der Waals surface area contributed by atoms with Gasteiger partial charge in [0, 0.05) is 17.9 Å². The smallest absolute Gasteiger partial charge is 0.0355 e. The highest BCUT2D eigenvalue weighted by molar-refractivity contribution is 5.26. The minimum atomic E-state index is 0.200. The Labute approximate surface area is 184 Å². The molecule has 0 saturated heterocycles. The van der Waals surface area contributed by atoms with Gasteiger partial charge in [-0.3, -0.25) is 0 Å². The van der Waals surface area contributed by atoms with Gasteiger partial charge in [-0.1, -0.05) is 104 Å². The fourth-order valence-corrected chi connectivity index (χ4v) is 4.28. The Kier molecular flexibility index (Phi) is 14.5. The SMILES string of the molecule is CCCCCCCCCCc1cn(C(C)(C)C)cc1CCCCCCCCCC. The molecule has 0 saturated carbocycles. The molecule has 0 bridgehead atoms. The first-order valence-corrected chi connectivity index (χ1v) is 13.2. The molecule has 0 aliphatic heterocycles. The highest BCUT2D eigenvalue weighted by Gasteiger charge is 2.15. The summed E-state index contributed by atoms with van der Waals surface area (Å²) in [7, 11) is 0. The molecule has 1 rings (SSSR count). The average Bonchev–Trinajstić information content (AvgIpc) is 3.09. The molecule has 0 aromatic carbocycles. The van der Waals surface area contributed by atoms with Crippen LogP contribution in [0.5, 0.6) is 0 Å². The predicted octanol–water partition coefficient (Wildman–Crippen LogP) is 9.61. The molecule has 0 spiro atoms. The second kappa shape index (κ2) is 16.0. The van der Waals surface area contributed by atoms with Crippen LogP contribution in [-0.4, -0.2) is 4.57 Å². The van der Waals surface area contributed by atoms with Crippen LogP contribution in [0.1, 0.15) is 148 Å². The van der Waals surface area contributed by atoms with Crippen molar-refractivity contribution in [2.45, 2.75) is 156 Å². The molecule has 0 amide bonds. The molecule has 0 aliphatic carbocycles. The van der Waals surface area contributed by atoms with E-state index in [1.807, 2.05) is 0 Å². The van der Waals surface area contributed by atoms with Crippen molar-refractivity contribution in [2.75, 3.05) is 0 Å². The lowest BCUT2D eigenvalue weighted by molar-refractivity contribution is 0.397. The third-order valence-corrected chi connectivity index (χ3v) is 6.38. The van der Waals surface area contributed by atoms with Gasteiger partial charge in [-0.05, 0) is 57.6 Å². The van der Waals surface area contributed by atoms with E-state index < -0.39 is 0 Å². The third-order valence-electron chi connectivity index (χ3n) is 6.38. The van der Waals surface area contributed by atoms with E-state index in [-0.39, 0.29) is 5.54 Å². The number of hydrogen-bond donors (Lipinski definition) is 0. The molecule has 0 fully saturated rings. The van der Waals surface area contributed by atoms with E-state index in [9.17, 15) is 0 Å². The maximum absolute atomic E-state index is 2.47. The molecule has 1 heteroatoms. The number of aryl methyl sites for hydroxylation is 2. The van der Waals surface area contributed by atoms with Gasteiger partial charge in [0.05, 0.1) is 0 Å². The largest absolute Gasteiger partial charge is 0.349 e. The summed E-state index contributed by atoms with van der Waals surface area (Å²) >= 11 is 0. The first kappa shape index (κ1) is 26.3. The molecule has 0 N–H and O–H groups in total. The Balaban J connectivity index is 2.35. The van der Waals surface area contributed by atoms with Crippen molar-refractivity contribution in [3.63, 3.8) is 0 Å². The number of rotatable bonds is 18. The fourth-order valence-electron chi connectivity index (χ4n) is 4.28. The van der Waals surface area contributed by atoms with Crippen LogP contribution >= 0.6 is 0 Å². The van der Waals surface area contributed by atoms with Crippen LogP contribution in [0.25, 0.3) is 0 Å². The standard InChI is InChI=1S/C28H53N/c1-6-8-10-12-14-16-18-20-22-26-24-29(28(3,4)5)25-27(26)23-21-19-17-15-13-11-9-7-2/h24-25H,6-23H2,1-5H3. The Morgan fingerprint density at radius 2 is 0.828 bits per heavy atom. The van der Waals surface area contributed by atoms with Crippen molar-refractivity contribution in [2.24, 2.45) is 0 Å². The van der Waals surface area contributed by atoms with Crippen molar-refractivity contribution in [1.82, 2.24) is 4.57 Å². The van der Waals surface area contributed by atoms with E-state index in [4.69, 9.17) is 0 Å². The molecule has 1 heterocycles. The maximum atomic E-state index is 2.47. The van der Waals surface area contributed by atoms with E-state index >= 15 is 0 Å². The molecule has 170 valence electrons. The van der Waals surface area contributed by atoms with E-state index in [2.05, 4.69) is 51.6 Å². The highest BCUT2D eigenvalue weighted by atomic mass is 15.0. The quantitative estimate of drug-likeness (QED) is 0.215. The van der Waals surface area contributed by atoms with E-state index in [1.165, 1.54) is 116 Å². The Bertz CT molecular complexity index is 453. The van der Waals surface area contributed by atoms with Crippen LogP contribution in [0.3, 0.4) is 0 Å². The van der Waals surface area contributed by atoms with Gasteiger partial charge in [-0.2, -0.15) is 0 Å². The van der Waals surface area contributed by atoms with E-state index in [0.717, 1.165) is 0 Å². The van der Waals surface area contributed by atoms with Crippen LogP contribution < -0.4 is 0 Å². The van der Waals surface area contributed by atoms with Crippen molar-refractivity contribution < 1.29 is 0 Å². The summed E-state index contributed by atoms with van der Waals surface area (Å²) < 4.78 is 2.47. The minimum Gasteiger partial charge on any atom is -0.349 e. The molecule has 1 aromatic heterocycles. The summed E-state index contributed by atoms with van der Waals surface area (Å²) in [6.07, 6.45) is 30.1. The summed E-state index contributed by atoms with van der Waals surface area (Å²) in [4.78, 5) is 0. The lowest BCUT2D eigenvalue weighted by Gasteiger charge is -2.21. The fraction of sp³-hybridized carbons (Fsp3) is 0.857. The van der Waals surface area contributed by atoms with Crippen LogP contribution in [0, 0.1) is 0 Å². The van der Waals surface area contributed by atoms with Gasteiger partial charge in [-0.15, -0.1) is 0 Å². The Hall–Kier alpha value is -0.720. The molecule has 1 nitrogen and oxygen atoms in total. The number of unbranched alkanes of at least 4 members (excludes halogenated alkanes) is 14. The molecule has 0 radical (unpaired) electrons. The lowest BCUT2D eigenvalue weighted by Crippen LogP contribution is -2.19. The lowest BCUT2D eigenvalue weighted by atomic mass is 10.00. The molecule has 29 heavy (non-hydrogen) atoms. The van der Waals surface area contributed by atoms with E-state index in [1.54, 1.807) is 11.1 Å². The van der Waals surface area contributed by atoms with Crippen LogP contribution in [0.4, 0.5) is 0 Å². The van der Waals surface area contributed by atoms with Crippen molar-refractivity contribution in [1.29, 1.82) is 0 Å². The highest BCUT2D eigenvalue weighted by Crippen LogP contribution is 2.23. The zero-order valence-electron chi connectivity index (χ0n) is 20.8. The Morgan fingerprint density at radius 1 is 0.517 bits per heavy atom. The normalized spacial score (nSPS) is 12.0. The topological polar surface area (TPSA) is 4.93 Å². The minimum absolute atomic E-state index is 0.200. The van der Waals surface area contributed by atoms with Crippen LogP contribution in [0.15, 0.2) is 12.4 Å². The molecular formula is C28H53N. The molecule has 1 aromatic rings. The zero-order chi connectivity index (χ0) is 21.4. The monoisotopic (exact) mass is 403 g/mol. The van der Waals surface area contributed by atoms with Crippen LogP contribution in [0.2, 0.25) is 0 Å². The van der Waals surface area contributed by atoms with Gasteiger partial charge >= 0.3 is 0 Å². The van der Waals surface area contributed by atoms with Crippen molar-refractivity contribution in [3.05, 3.63) is 23.5 Å². The summed E-state index contributed by atoms with van der Waals surface area (Å²) in [6, 6.07) is 0. The van der Waals surface area contributed by atoms with Gasteiger partial charge in [0.15, 0.2) is 0 Å². The van der Waals surface area contributed by atoms with Gasteiger partial charge in [-0.25, -0.2) is 0 Å². The van der Waals surface area contributed by atoms with Crippen molar-refractivity contribution in [3.8, 4) is 0 Å². The first-order chi connectivity index (χ1) is 14.0. The second-order valence-corrected chi connectivity index (χ2v) is 10.3. The summed E-state index contributed by atoms with van der Waals surface area (Å²) in [6.45, 7) is 11.6. The molecule has 0 atom stereocenters. The molecule has 0 unspecified atom stereocenters. The molecular weight excluding hydrogens is 350 g/mol. The summed E-state index contributed by atoms with van der Waals surface area (Å²) in [5.74, 6) is 0. The maximum Gasteiger partial charge on any atom is 0.0355 e. The van der Waals surface area contributed by atoms with Crippen molar-refractivity contribution >= 4 is 0 Å². The van der Waals surface area contributed by atoms with E-state index in [0.29, 0.717) is 0 Å². The number of hydrogen-bond acceptors (Lipinski definition) is 0. The number of nitrogens with zero attached hydrogens (tertiary/aromatic N) is 1. The van der Waals surface area contributed by atoms with Gasteiger partial charge in [0.25, 0.3) is 0 Å². The zero-order valence-corrected chi connectivity index (χ0v) is 20.8.